The third-order valence-electron chi connectivity index (χ3n) is 2.61. The molecule has 1 unspecified atom stereocenters. The van der Waals surface area contributed by atoms with Gasteiger partial charge in [-0.05, 0) is 25.0 Å². The van der Waals surface area contributed by atoms with E-state index in [-0.39, 0.29) is 17.9 Å². The van der Waals surface area contributed by atoms with Gasteiger partial charge in [-0.2, -0.15) is 0 Å². The van der Waals surface area contributed by atoms with Crippen molar-refractivity contribution in [3.8, 4) is 5.75 Å². The molecule has 0 aliphatic heterocycles. The minimum Gasteiger partial charge on any atom is -0.508 e. The Hall–Kier alpha value is -1.60. The molecule has 6 nitrogen and oxygen atoms in total. The molecule has 0 spiro atoms. The Morgan fingerprint density at radius 3 is 2.63 bits per heavy atom. The van der Waals surface area contributed by atoms with Crippen LogP contribution in [0.3, 0.4) is 0 Å². The fourth-order valence-electron chi connectivity index (χ4n) is 1.39. The Morgan fingerprint density at radius 1 is 1.47 bits per heavy atom. The van der Waals surface area contributed by atoms with Gasteiger partial charge in [0.15, 0.2) is 0 Å². The topological polar surface area (TPSA) is 109 Å². The lowest BCUT2D eigenvalue weighted by Crippen LogP contribution is -2.37. The Morgan fingerprint density at radius 2 is 2.11 bits per heavy atom. The van der Waals surface area contributed by atoms with Crippen LogP contribution in [0, 0.1) is 6.92 Å². The van der Waals surface area contributed by atoms with Crippen molar-refractivity contribution in [3.63, 3.8) is 0 Å². The lowest BCUT2D eigenvalue weighted by molar-refractivity contribution is -0.117. The zero-order valence-corrected chi connectivity index (χ0v) is 11.7. The number of phenols is 1. The van der Waals surface area contributed by atoms with Crippen molar-refractivity contribution in [2.45, 2.75) is 19.4 Å². The number of amides is 1. The molecule has 0 saturated carbocycles. The van der Waals surface area contributed by atoms with Crippen LogP contribution < -0.4 is 11.1 Å². The van der Waals surface area contributed by atoms with Crippen LogP contribution in [0.4, 0.5) is 5.69 Å². The first-order valence-corrected chi connectivity index (χ1v) is 7.79. The maximum absolute atomic E-state index is 11.7. The third kappa shape index (κ3) is 5.27. The van der Waals surface area contributed by atoms with Crippen LogP contribution in [-0.4, -0.2) is 37.5 Å². The molecule has 19 heavy (non-hydrogen) atoms. The van der Waals surface area contributed by atoms with Gasteiger partial charge in [0.25, 0.3) is 0 Å². The van der Waals surface area contributed by atoms with E-state index >= 15 is 0 Å². The van der Waals surface area contributed by atoms with E-state index in [1.807, 2.05) is 0 Å². The highest BCUT2D eigenvalue weighted by molar-refractivity contribution is 7.90. The van der Waals surface area contributed by atoms with Crippen LogP contribution >= 0.6 is 0 Å². The molecule has 0 aromatic heterocycles. The summed E-state index contributed by atoms with van der Waals surface area (Å²) in [6.07, 6.45) is 1.15. The molecule has 7 heteroatoms. The highest BCUT2D eigenvalue weighted by atomic mass is 32.2. The molecule has 0 aliphatic rings. The van der Waals surface area contributed by atoms with E-state index in [1.165, 1.54) is 6.07 Å². The van der Waals surface area contributed by atoms with Crippen molar-refractivity contribution in [2.24, 2.45) is 5.73 Å². The van der Waals surface area contributed by atoms with E-state index in [0.29, 0.717) is 11.3 Å². The number of benzene rings is 1. The number of carbonyl (C=O) groups is 1. The number of anilines is 1. The number of aryl methyl sites for hydroxylation is 1. The monoisotopic (exact) mass is 286 g/mol. The van der Waals surface area contributed by atoms with Gasteiger partial charge in [-0.3, -0.25) is 4.79 Å². The first-order chi connectivity index (χ1) is 8.69. The van der Waals surface area contributed by atoms with Gasteiger partial charge in [0, 0.05) is 18.0 Å². The maximum Gasteiger partial charge on any atom is 0.241 e. The minimum atomic E-state index is -3.14. The van der Waals surface area contributed by atoms with Gasteiger partial charge < -0.3 is 16.2 Å². The summed E-state index contributed by atoms with van der Waals surface area (Å²) in [6.45, 7) is 1.73. The molecule has 0 heterocycles. The van der Waals surface area contributed by atoms with Gasteiger partial charge in [0.05, 0.1) is 11.8 Å². The number of nitrogens with two attached hydrogens (primary N) is 1. The van der Waals surface area contributed by atoms with Gasteiger partial charge in [-0.1, -0.05) is 6.07 Å². The SMILES string of the molecule is Cc1ccc(NC(=O)C(N)CCS(C)(=O)=O)cc1O. The fraction of sp³-hybridized carbons (Fsp3) is 0.417. The summed E-state index contributed by atoms with van der Waals surface area (Å²) in [5.74, 6) is -0.546. The van der Waals surface area contributed by atoms with E-state index in [4.69, 9.17) is 5.73 Å². The Balaban J connectivity index is 2.61. The Kier molecular flexibility index (Phi) is 4.90. The standard InChI is InChI=1S/C12H18N2O4S/c1-8-3-4-9(7-11(8)15)14-12(16)10(13)5-6-19(2,17)18/h3-4,7,10,15H,5-6,13H2,1-2H3,(H,14,16). The Bertz CT molecular complexity index is 569. The van der Waals surface area contributed by atoms with Gasteiger partial charge in [-0.25, -0.2) is 8.42 Å². The number of rotatable bonds is 5. The fourth-order valence-corrected chi connectivity index (χ4v) is 2.08. The number of hydrogen-bond donors (Lipinski definition) is 3. The zero-order chi connectivity index (χ0) is 14.6. The van der Waals surface area contributed by atoms with Gasteiger partial charge in [0.2, 0.25) is 5.91 Å². The maximum atomic E-state index is 11.7. The van der Waals surface area contributed by atoms with E-state index in [1.54, 1.807) is 19.1 Å². The molecule has 1 aromatic rings. The highest BCUT2D eigenvalue weighted by Crippen LogP contribution is 2.20. The van der Waals surface area contributed by atoms with Crippen LogP contribution in [0.5, 0.6) is 5.75 Å². The molecule has 1 rings (SSSR count). The predicted molar refractivity (Wildman–Crippen MR) is 73.8 cm³/mol. The van der Waals surface area contributed by atoms with Crippen molar-refractivity contribution < 1.29 is 18.3 Å². The van der Waals surface area contributed by atoms with Crippen molar-refractivity contribution in [1.29, 1.82) is 0 Å². The first-order valence-electron chi connectivity index (χ1n) is 5.73. The molecule has 0 bridgehead atoms. The number of sulfone groups is 1. The smallest absolute Gasteiger partial charge is 0.241 e. The summed E-state index contributed by atoms with van der Waals surface area (Å²) in [6, 6.07) is 3.80. The molecular weight excluding hydrogens is 268 g/mol. The summed E-state index contributed by atoms with van der Waals surface area (Å²) in [5, 5.41) is 12.0. The minimum absolute atomic E-state index is 0.0580. The molecule has 0 radical (unpaired) electrons. The number of nitrogens with one attached hydrogen (secondary N) is 1. The second kappa shape index (κ2) is 6.03. The number of phenolic OH excluding ortho intramolecular Hbond substituents is 1. The molecule has 106 valence electrons. The van der Waals surface area contributed by atoms with Crippen molar-refractivity contribution in [3.05, 3.63) is 23.8 Å². The van der Waals surface area contributed by atoms with Crippen molar-refractivity contribution >= 4 is 21.4 Å². The number of hydrogen-bond acceptors (Lipinski definition) is 5. The van der Waals surface area contributed by atoms with Crippen LogP contribution in [0.1, 0.15) is 12.0 Å². The zero-order valence-electron chi connectivity index (χ0n) is 10.9. The summed E-state index contributed by atoms with van der Waals surface area (Å²) >= 11 is 0. The normalized spacial score (nSPS) is 13.0. The van der Waals surface area contributed by atoms with Crippen molar-refractivity contribution in [1.82, 2.24) is 0 Å². The molecule has 1 atom stereocenters. The molecular formula is C12H18N2O4S. The lowest BCUT2D eigenvalue weighted by atomic mass is 10.2. The van der Waals surface area contributed by atoms with Crippen LogP contribution in [0.2, 0.25) is 0 Å². The van der Waals surface area contributed by atoms with E-state index in [9.17, 15) is 18.3 Å². The summed E-state index contributed by atoms with van der Waals surface area (Å²) in [5.41, 5.74) is 6.71. The van der Waals surface area contributed by atoms with E-state index in [2.05, 4.69) is 5.32 Å². The average molecular weight is 286 g/mol. The average Bonchev–Trinajstić information content (AvgIpc) is 2.29. The Labute approximate surface area is 112 Å². The summed E-state index contributed by atoms with van der Waals surface area (Å²) in [7, 11) is -3.14. The van der Waals surface area contributed by atoms with Crippen molar-refractivity contribution in [2.75, 3.05) is 17.3 Å². The van der Waals surface area contributed by atoms with E-state index in [0.717, 1.165) is 6.26 Å². The van der Waals surface area contributed by atoms with Crippen LogP contribution in [0.15, 0.2) is 18.2 Å². The van der Waals surface area contributed by atoms with Gasteiger partial charge >= 0.3 is 0 Å². The number of carbonyl (C=O) groups excluding carboxylic acids is 1. The van der Waals surface area contributed by atoms with Crippen LogP contribution in [-0.2, 0) is 14.6 Å². The second-order valence-electron chi connectivity index (χ2n) is 4.52. The van der Waals surface area contributed by atoms with Gasteiger partial charge in [-0.15, -0.1) is 0 Å². The lowest BCUT2D eigenvalue weighted by Gasteiger charge is -2.12. The summed E-state index contributed by atoms with van der Waals surface area (Å²) < 4.78 is 22.0. The summed E-state index contributed by atoms with van der Waals surface area (Å²) in [4.78, 5) is 11.7. The second-order valence-corrected chi connectivity index (χ2v) is 6.78. The largest absolute Gasteiger partial charge is 0.508 e. The van der Waals surface area contributed by atoms with Crippen LogP contribution in [0.25, 0.3) is 0 Å². The third-order valence-corrected chi connectivity index (χ3v) is 3.59. The molecule has 1 aromatic carbocycles. The number of aromatic hydroxyl groups is 1. The van der Waals surface area contributed by atoms with Gasteiger partial charge in [0.1, 0.15) is 15.6 Å². The molecule has 0 aliphatic carbocycles. The highest BCUT2D eigenvalue weighted by Gasteiger charge is 2.16. The molecule has 4 N–H and O–H groups in total. The molecule has 0 fully saturated rings. The molecule has 1 amide bonds. The van der Waals surface area contributed by atoms with E-state index < -0.39 is 21.8 Å². The predicted octanol–water partition coefficient (Wildman–Crippen LogP) is 0.401. The first kappa shape index (κ1) is 15.5. The molecule has 0 saturated heterocycles. The quantitative estimate of drug-likeness (QED) is 0.726.